The summed E-state index contributed by atoms with van der Waals surface area (Å²) < 4.78 is 4.99. The van der Waals surface area contributed by atoms with Crippen molar-refractivity contribution < 1.29 is 19.4 Å². The molecule has 3 N–H and O–H groups in total. The molecule has 0 saturated heterocycles. The fourth-order valence-corrected chi connectivity index (χ4v) is 1.36. The van der Waals surface area contributed by atoms with Crippen LogP contribution in [-0.2, 0) is 16.1 Å². The van der Waals surface area contributed by atoms with Gasteiger partial charge in [-0.15, -0.1) is 0 Å². The van der Waals surface area contributed by atoms with Crippen LogP contribution in [0.2, 0.25) is 0 Å². The van der Waals surface area contributed by atoms with Gasteiger partial charge in [0.25, 0.3) is 0 Å². The molecular weight excluding hydrogens is 248 g/mol. The molecule has 104 valence electrons. The lowest BCUT2D eigenvalue weighted by Crippen LogP contribution is -2.45. The topological polar surface area (TPSA) is 87.7 Å². The Kier molecular flexibility index (Phi) is 6.38. The van der Waals surface area contributed by atoms with Crippen LogP contribution in [0, 0.1) is 0 Å². The lowest BCUT2D eigenvalue weighted by atomic mass is 10.2. The summed E-state index contributed by atoms with van der Waals surface area (Å²) in [5, 5.41) is 14.0. The van der Waals surface area contributed by atoms with E-state index in [4.69, 9.17) is 9.84 Å². The van der Waals surface area contributed by atoms with Gasteiger partial charge in [0, 0.05) is 13.5 Å². The van der Waals surface area contributed by atoms with E-state index in [1.807, 2.05) is 30.3 Å². The Hall–Kier alpha value is -2.08. The number of ether oxygens (including phenoxy) is 1. The van der Waals surface area contributed by atoms with Crippen molar-refractivity contribution in [2.45, 2.75) is 19.6 Å². The van der Waals surface area contributed by atoms with Crippen molar-refractivity contribution in [3.05, 3.63) is 35.9 Å². The lowest BCUT2D eigenvalue weighted by molar-refractivity contribution is -0.119. The summed E-state index contributed by atoms with van der Waals surface area (Å²) in [6.07, 6.45) is -0.631. The van der Waals surface area contributed by atoms with E-state index >= 15 is 0 Å². The molecule has 1 atom stereocenters. The maximum absolute atomic E-state index is 11.5. The van der Waals surface area contributed by atoms with Gasteiger partial charge in [-0.1, -0.05) is 30.3 Å². The van der Waals surface area contributed by atoms with Crippen molar-refractivity contribution >= 4 is 12.0 Å². The number of benzene rings is 1. The van der Waals surface area contributed by atoms with E-state index in [1.165, 1.54) is 6.92 Å². The first-order valence-electron chi connectivity index (χ1n) is 5.94. The fraction of sp³-hybridized carbons (Fsp3) is 0.385. The highest BCUT2D eigenvalue weighted by molar-refractivity contribution is 5.73. The van der Waals surface area contributed by atoms with Gasteiger partial charge in [-0.3, -0.25) is 4.79 Å². The highest BCUT2D eigenvalue weighted by Gasteiger charge is 2.12. The Bertz CT molecular complexity index is 408. The van der Waals surface area contributed by atoms with Crippen LogP contribution in [0.4, 0.5) is 4.79 Å². The molecule has 0 fully saturated rings. The third-order valence-electron chi connectivity index (χ3n) is 2.35. The molecule has 0 aliphatic rings. The molecule has 0 aromatic heterocycles. The molecule has 0 bridgehead atoms. The van der Waals surface area contributed by atoms with Crippen LogP contribution in [0.3, 0.4) is 0 Å². The quantitative estimate of drug-likeness (QED) is 0.696. The molecular formula is C13H18N2O4. The normalized spacial score (nSPS) is 11.5. The number of alkyl carbamates (subject to hydrolysis) is 1. The summed E-state index contributed by atoms with van der Waals surface area (Å²) >= 11 is 0. The molecule has 0 saturated carbocycles. The van der Waals surface area contributed by atoms with Crippen molar-refractivity contribution in [2.24, 2.45) is 0 Å². The number of hydrogen-bond acceptors (Lipinski definition) is 4. The Balaban J connectivity index is 2.30. The fourth-order valence-electron chi connectivity index (χ4n) is 1.36. The van der Waals surface area contributed by atoms with Gasteiger partial charge in [-0.25, -0.2) is 4.79 Å². The summed E-state index contributed by atoms with van der Waals surface area (Å²) in [5.74, 6) is -0.224. The molecule has 0 spiro atoms. The predicted molar refractivity (Wildman–Crippen MR) is 69.3 cm³/mol. The number of rotatable bonds is 6. The van der Waals surface area contributed by atoms with Crippen LogP contribution in [0.1, 0.15) is 12.5 Å². The smallest absolute Gasteiger partial charge is 0.407 e. The van der Waals surface area contributed by atoms with Gasteiger partial charge in [0.1, 0.15) is 6.61 Å². The number of amides is 2. The van der Waals surface area contributed by atoms with Gasteiger partial charge in [-0.05, 0) is 5.56 Å². The molecule has 1 aromatic rings. The van der Waals surface area contributed by atoms with Crippen molar-refractivity contribution in [3.63, 3.8) is 0 Å². The van der Waals surface area contributed by atoms with Crippen LogP contribution in [0.25, 0.3) is 0 Å². The molecule has 0 unspecified atom stereocenters. The molecule has 19 heavy (non-hydrogen) atoms. The summed E-state index contributed by atoms with van der Waals surface area (Å²) in [7, 11) is 0. The first-order chi connectivity index (χ1) is 9.11. The zero-order valence-corrected chi connectivity index (χ0v) is 10.8. The SMILES string of the molecule is CC(=O)NC[C@@H](CO)NC(=O)OCc1ccccc1. The molecule has 0 aliphatic carbocycles. The van der Waals surface area contributed by atoms with Crippen LogP contribution in [-0.4, -0.2) is 36.3 Å². The minimum absolute atomic E-state index is 0.158. The highest BCUT2D eigenvalue weighted by Crippen LogP contribution is 2.00. The zero-order chi connectivity index (χ0) is 14.1. The largest absolute Gasteiger partial charge is 0.445 e. The standard InChI is InChI=1S/C13H18N2O4/c1-10(17)14-7-12(8-16)15-13(18)19-9-11-5-3-2-4-6-11/h2-6,12,16H,7-9H2,1H3,(H,14,17)(H,15,18)/t12-/m0/s1. The van der Waals surface area contributed by atoms with Gasteiger partial charge in [0.05, 0.1) is 12.6 Å². The van der Waals surface area contributed by atoms with E-state index in [-0.39, 0.29) is 25.7 Å². The second-order valence-corrected chi connectivity index (χ2v) is 4.02. The maximum atomic E-state index is 11.5. The van der Waals surface area contributed by atoms with Crippen LogP contribution < -0.4 is 10.6 Å². The first kappa shape index (κ1) is 15.0. The van der Waals surface area contributed by atoms with E-state index in [0.29, 0.717) is 0 Å². The van der Waals surface area contributed by atoms with Crippen LogP contribution in [0.5, 0.6) is 0 Å². The predicted octanol–water partition coefficient (Wildman–Crippen LogP) is 0.410. The molecule has 1 rings (SSSR count). The second-order valence-electron chi connectivity index (χ2n) is 4.02. The molecule has 2 amide bonds. The van der Waals surface area contributed by atoms with Crippen molar-refractivity contribution in [1.82, 2.24) is 10.6 Å². The third-order valence-corrected chi connectivity index (χ3v) is 2.35. The van der Waals surface area contributed by atoms with Gasteiger partial charge >= 0.3 is 6.09 Å². The van der Waals surface area contributed by atoms with Crippen LogP contribution in [0.15, 0.2) is 30.3 Å². The zero-order valence-electron chi connectivity index (χ0n) is 10.8. The monoisotopic (exact) mass is 266 g/mol. The summed E-state index contributed by atoms with van der Waals surface area (Å²) in [6, 6.07) is 8.70. The molecule has 0 aliphatic heterocycles. The summed E-state index contributed by atoms with van der Waals surface area (Å²) in [5.41, 5.74) is 0.875. The molecule has 6 heteroatoms. The maximum Gasteiger partial charge on any atom is 0.407 e. The average Bonchev–Trinajstić information content (AvgIpc) is 2.42. The summed E-state index contributed by atoms with van der Waals surface area (Å²) in [6.45, 7) is 1.40. The first-order valence-corrected chi connectivity index (χ1v) is 5.94. The van der Waals surface area contributed by atoms with Gasteiger partial charge in [0.15, 0.2) is 0 Å². The third kappa shape index (κ3) is 6.42. The average molecular weight is 266 g/mol. The van der Waals surface area contributed by atoms with Crippen LogP contribution >= 0.6 is 0 Å². The van der Waals surface area contributed by atoms with E-state index in [2.05, 4.69) is 10.6 Å². The molecule has 0 heterocycles. The Labute approximate surface area is 111 Å². The number of carbonyl (C=O) groups is 2. The molecule has 1 aromatic carbocycles. The summed E-state index contributed by atoms with van der Waals surface area (Å²) in [4.78, 5) is 22.2. The minimum Gasteiger partial charge on any atom is -0.445 e. The number of hydrogen-bond donors (Lipinski definition) is 3. The Morgan fingerprint density at radius 1 is 1.32 bits per heavy atom. The minimum atomic E-state index is -0.631. The van der Waals surface area contributed by atoms with E-state index in [1.54, 1.807) is 0 Å². The lowest BCUT2D eigenvalue weighted by Gasteiger charge is -2.16. The van der Waals surface area contributed by atoms with Gasteiger partial charge < -0.3 is 20.5 Å². The van der Waals surface area contributed by atoms with E-state index < -0.39 is 12.1 Å². The van der Waals surface area contributed by atoms with Crippen molar-refractivity contribution in [3.8, 4) is 0 Å². The van der Waals surface area contributed by atoms with Gasteiger partial charge in [-0.2, -0.15) is 0 Å². The molecule has 6 nitrogen and oxygen atoms in total. The highest BCUT2D eigenvalue weighted by atomic mass is 16.5. The Morgan fingerprint density at radius 2 is 2.00 bits per heavy atom. The van der Waals surface area contributed by atoms with E-state index in [9.17, 15) is 9.59 Å². The number of nitrogens with one attached hydrogen (secondary N) is 2. The molecule has 0 radical (unpaired) electrons. The van der Waals surface area contributed by atoms with E-state index in [0.717, 1.165) is 5.56 Å². The number of carbonyl (C=O) groups excluding carboxylic acids is 2. The number of aliphatic hydroxyl groups excluding tert-OH is 1. The number of aliphatic hydroxyl groups is 1. The van der Waals surface area contributed by atoms with Crippen molar-refractivity contribution in [1.29, 1.82) is 0 Å². The van der Waals surface area contributed by atoms with Gasteiger partial charge in [0.2, 0.25) is 5.91 Å². The Morgan fingerprint density at radius 3 is 2.58 bits per heavy atom. The van der Waals surface area contributed by atoms with Crippen molar-refractivity contribution in [2.75, 3.05) is 13.2 Å². The second kappa shape index (κ2) is 8.10.